The molecular formula is C23H31NO4. The van der Waals surface area contributed by atoms with Crippen molar-refractivity contribution in [3.63, 3.8) is 0 Å². The molecule has 0 aliphatic heterocycles. The first kappa shape index (κ1) is 21.9. The van der Waals surface area contributed by atoms with Gasteiger partial charge in [-0.05, 0) is 55.5 Å². The van der Waals surface area contributed by atoms with Gasteiger partial charge in [0.2, 0.25) is 0 Å². The third-order valence-corrected chi connectivity index (χ3v) is 4.76. The highest BCUT2D eigenvalue weighted by molar-refractivity contribution is 5.80. The van der Waals surface area contributed by atoms with Crippen LogP contribution in [0.15, 0.2) is 42.6 Å². The molecule has 1 unspecified atom stereocenters. The number of rotatable bonds is 10. The van der Waals surface area contributed by atoms with Crippen LogP contribution in [-0.2, 0) is 28.0 Å². The standard InChI is InChI=1S/C23H31NO4/c1-6-18-7-10-20(24-15-18)13-14-27-21-11-8-19(9-12-21)23(16(2)3,22(25)26)28-17(4)5/h7-12,15-17H,6,13-14H2,1-5H3,(H,25,26). The van der Waals surface area contributed by atoms with Gasteiger partial charge < -0.3 is 14.6 Å². The lowest BCUT2D eigenvalue weighted by Gasteiger charge is -2.35. The molecule has 0 saturated heterocycles. The minimum absolute atomic E-state index is 0.207. The number of carboxylic acids is 1. The number of benzene rings is 1. The molecule has 5 heteroatoms. The summed E-state index contributed by atoms with van der Waals surface area (Å²) in [5.74, 6) is -0.510. The Kier molecular flexibility index (Phi) is 7.58. The molecule has 0 bridgehead atoms. The molecule has 0 radical (unpaired) electrons. The predicted octanol–water partition coefficient (Wildman–Crippen LogP) is 4.63. The largest absolute Gasteiger partial charge is 0.493 e. The third kappa shape index (κ3) is 5.10. The minimum Gasteiger partial charge on any atom is -0.493 e. The van der Waals surface area contributed by atoms with Gasteiger partial charge in [-0.2, -0.15) is 0 Å². The van der Waals surface area contributed by atoms with Crippen molar-refractivity contribution in [1.29, 1.82) is 0 Å². The van der Waals surface area contributed by atoms with Gasteiger partial charge in [0.15, 0.2) is 5.60 Å². The second-order valence-electron chi connectivity index (χ2n) is 7.50. The summed E-state index contributed by atoms with van der Waals surface area (Å²) in [6.45, 7) is 10.0. The maximum atomic E-state index is 12.1. The van der Waals surface area contributed by atoms with Gasteiger partial charge >= 0.3 is 5.97 Å². The van der Waals surface area contributed by atoms with Crippen molar-refractivity contribution in [2.75, 3.05) is 6.61 Å². The van der Waals surface area contributed by atoms with Crippen molar-refractivity contribution in [3.05, 3.63) is 59.4 Å². The molecular weight excluding hydrogens is 354 g/mol. The number of hydrogen-bond acceptors (Lipinski definition) is 4. The molecule has 1 aromatic heterocycles. The summed E-state index contributed by atoms with van der Waals surface area (Å²) in [5.41, 5.74) is 1.45. The topological polar surface area (TPSA) is 68.7 Å². The molecule has 2 rings (SSSR count). The second-order valence-corrected chi connectivity index (χ2v) is 7.50. The SMILES string of the molecule is CCc1ccc(CCOc2ccc(C(OC(C)C)(C(=O)O)C(C)C)cc2)nc1. The quantitative estimate of drug-likeness (QED) is 0.646. The zero-order valence-electron chi connectivity index (χ0n) is 17.4. The smallest absolute Gasteiger partial charge is 0.340 e. The van der Waals surface area contributed by atoms with E-state index in [1.165, 1.54) is 5.56 Å². The van der Waals surface area contributed by atoms with Gasteiger partial charge in [-0.1, -0.05) is 39.0 Å². The zero-order valence-corrected chi connectivity index (χ0v) is 17.4. The summed E-state index contributed by atoms with van der Waals surface area (Å²) in [4.78, 5) is 16.5. The number of nitrogens with zero attached hydrogens (tertiary/aromatic N) is 1. The first-order chi connectivity index (χ1) is 13.3. The highest BCUT2D eigenvalue weighted by atomic mass is 16.5. The molecule has 2 aromatic rings. The number of hydrogen-bond donors (Lipinski definition) is 1. The van der Waals surface area contributed by atoms with Gasteiger partial charge in [0.25, 0.3) is 0 Å². The van der Waals surface area contributed by atoms with E-state index in [2.05, 4.69) is 18.0 Å². The van der Waals surface area contributed by atoms with Crippen LogP contribution in [-0.4, -0.2) is 28.8 Å². The van der Waals surface area contributed by atoms with Crippen LogP contribution in [0.1, 0.15) is 51.4 Å². The van der Waals surface area contributed by atoms with E-state index in [1.54, 1.807) is 24.3 Å². The number of carboxylic acid groups (broad SMARTS) is 1. The van der Waals surface area contributed by atoms with Gasteiger partial charge in [-0.3, -0.25) is 4.98 Å². The van der Waals surface area contributed by atoms with Crippen LogP contribution in [0.3, 0.4) is 0 Å². The number of carbonyl (C=O) groups is 1. The molecule has 0 spiro atoms. The van der Waals surface area contributed by atoms with Crippen LogP contribution in [0.4, 0.5) is 0 Å². The van der Waals surface area contributed by atoms with Gasteiger partial charge in [-0.25, -0.2) is 4.79 Å². The molecule has 0 fully saturated rings. The normalized spacial score (nSPS) is 13.5. The fourth-order valence-electron chi connectivity index (χ4n) is 3.21. The number of aliphatic carboxylic acids is 1. The van der Waals surface area contributed by atoms with Crippen molar-refractivity contribution in [3.8, 4) is 5.75 Å². The molecule has 152 valence electrons. The molecule has 0 amide bonds. The third-order valence-electron chi connectivity index (χ3n) is 4.76. The molecule has 0 saturated carbocycles. The highest BCUT2D eigenvalue weighted by Crippen LogP contribution is 2.36. The van der Waals surface area contributed by atoms with Crippen LogP contribution in [0.2, 0.25) is 0 Å². The van der Waals surface area contributed by atoms with E-state index in [0.717, 1.165) is 12.1 Å². The fraction of sp³-hybridized carbons (Fsp3) is 0.478. The van der Waals surface area contributed by atoms with Crippen molar-refractivity contribution >= 4 is 5.97 Å². The molecule has 1 N–H and O–H groups in total. The average Bonchev–Trinajstić information content (AvgIpc) is 2.66. The Bertz CT molecular complexity index is 753. The Morgan fingerprint density at radius 1 is 1.11 bits per heavy atom. The van der Waals surface area contributed by atoms with Gasteiger partial charge in [0, 0.05) is 18.3 Å². The van der Waals surface area contributed by atoms with E-state index in [4.69, 9.17) is 9.47 Å². The van der Waals surface area contributed by atoms with Crippen molar-refractivity contribution in [2.24, 2.45) is 5.92 Å². The lowest BCUT2D eigenvalue weighted by atomic mass is 9.83. The predicted molar refractivity (Wildman–Crippen MR) is 110 cm³/mol. The molecule has 1 heterocycles. The van der Waals surface area contributed by atoms with Gasteiger partial charge in [0.1, 0.15) is 5.75 Å². The summed E-state index contributed by atoms with van der Waals surface area (Å²) < 4.78 is 11.7. The fourth-order valence-corrected chi connectivity index (χ4v) is 3.21. The molecule has 0 aliphatic rings. The Morgan fingerprint density at radius 2 is 1.79 bits per heavy atom. The van der Waals surface area contributed by atoms with Gasteiger partial charge in [0.05, 0.1) is 12.7 Å². The average molecular weight is 386 g/mol. The van der Waals surface area contributed by atoms with Crippen molar-refractivity contribution in [1.82, 2.24) is 4.98 Å². The van der Waals surface area contributed by atoms with Crippen LogP contribution in [0, 0.1) is 5.92 Å². The minimum atomic E-state index is -1.38. The summed E-state index contributed by atoms with van der Waals surface area (Å²) in [6, 6.07) is 11.3. The summed E-state index contributed by atoms with van der Waals surface area (Å²) in [6.07, 6.45) is 3.38. The Balaban J connectivity index is 2.06. The molecule has 0 aliphatic carbocycles. The first-order valence-corrected chi connectivity index (χ1v) is 9.88. The molecule has 1 aromatic carbocycles. The Hall–Kier alpha value is -2.40. The van der Waals surface area contributed by atoms with Crippen LogP contribution in [0.5, 0.6) is 5.75 Å². The molecule has 1 atom stereocenters. The maximum Gasteiger partial charge on any atom is 0.340 e. The van der Waals surface area contributed by atoms with Crippen LogP contribution < -0.4 is 4.74 Å². The van der Waals surface area contributed by atoms with E-state index >= 15 is 0 Å². The number of aromatic nitrogens is 1. The van der Waals surface area contributed by atoms with Crippen LogP contribution in [0.25, 0.3) is 0 Å². The Morgan fingerprint density at radius 3 is 2.25 bits per heavy atom. The van der Waals surface area contributed by atoms with E-state index in [9.17, 15) is 9.90 Å². The summed E-state index contributed by atoms with van der Waals surface area (Å²) >= 11 is 0. The van der Waals surface area contributed by atoms with E-state index in [1.807, 2.05) is 40.0 Å². The van der Waals surface area contributed by atoms with Gasteiger partial charge in [-0.15, -0.1) is 0 Å². The summed E-state index contributed by atoms with van der Waals surface area (Å²) in [7, 11) is 0. The number of aryl methyl sites for hydroxylation is 1. The van der Waals surface area contributed by atoms with Crippen LogP contribution >= 0.6 is 0 Å². The number of ether oxygens (including phenoxy) is 2. The number of pyridine rings is 1. The monoisotopic (exact) mass is 385 g/mol. The highest BCUT2D eigenvalue weighted by Gasteiger charge is 2.45. The van der Waals surface area contributed by atoms with E-state index in [-0.39, 0.29) is 12.0 Å². The summed E-state index contributed by atoms with van der Waals surface area (Å²) in [5, 5.41) is 9.91. The lowest BCUT2D eigenvalue weighted by molar-refractivity contribution is -0.183. The van der Waals surface area contributed by atoms with Crippen molar-refractivity contribution < 1.29 is 19.4 Å². The maximum absolute atomic E-state index is 12.1. The zero-order chi connectivity index (χ0) is 20.7. The van der Waals surface area contributed by atoms with E-state index < -0.39 is 11.6 Å². The second kappa shape index (κ2) is 9.69. The lowest BCUT2D eigenvalue weighted by Crippen LogP contribution is -2.45. The molecule has 5 nitrogen and oxygen atoms in total. The Labute approximate surface area is 167 Å². The van der Waals surface area contributed by atoms with E-state index in [0.29, 0.717) is 24.3 Å². The molecule has 28 heavy (non-hydrogen) atoms. The first-order valence-electron chi connectivity index (χ1n) is 9.88. The van der Waals surface area contributed by atoms with Crippen molar-refractivity contribution in [2.45, 2.75) is 59.2 Å².